The minimum Gasteiger partial charge on any atom is -0.481 e. The van der Waals surface area contributed by atoms with E-state index in [4.69, 9.17) is 26.0 Å². The summed E-state index contributed by atoms with van der Waals surface area (Å²) in [5.74, 6) is -0.388. The van der Waals surface area contributed by atoms with E-state index in [1.807, 2.05) is 0 Å². The second kappa shape index (κ2) is 11.1. The van der Waals surface area contributed by atoms with Crippen LogP contribution in [0, 0.1) is 11.3 Å². The zero-order chi connectivity index (χ0) is 28.9. The van der Waals surface area contributed by atoms with Gasteiger partial charge in [-0.2, -0.15) is 9.97 Å². The number of fused-ring (bicyclic) bond motifs is 3. The van der Waals surface area contributed by atoms with Crippen molar-refractivity contribution < 1.29 is 38.8 Å². The molecule has 0 aromatic carbocycles. The number of aliphatic carboxylic acids is 1. The van der Waals surface area contributed by atoms with E-state index < -0.39 is 50.9 Å². The number of hydrogen-bond donors (Lipinski definition) is 5. The van der Waals surface area contributed by atoms with Crippen molar-refractivity contribution in [1.29, 1.82) is 0 Å². The Bertz CT molecular complexity index is 1310. The average molecular weight is 602 g/mol. The maximum Gasteiger partial charge on any atom is 0.339 e. The number of carboxylic acids is 1. The van der Waals surface area contributed by atoms with Gasteiger partial charge >= 0.3 is 13.6 Å². The highest BCUT2D eigenvalue weighted by molar-refractivity contribution is 7.53. The molecule has 1 saturated heterocycles. The Hall–Kier alpha value is -1.86. The summed E-state index contributed by atoms with van der Waals surface area (Å²) < 4.78 is 24.0. The molecule has 3 fully saturated rings. The van der Waals surface area contributed by atoms with Crippen molar-refractivity contribution in [1.82, 2.24) is 19.5 Å². The Kier molecular flexibility index (Phi) is 8.21. The first-order valence-corrected chi connectivity index (χ1v) is 15.8. The summed E-state index contributed by atoms with van der Waals surface area (Å²) in [5, 5.41) is 33.8. The van der Waals surface area contributed by atoms with Crippen molar-refractivity contribution in [3.05, 3.63) is 11.6 Å². The van der Waals surface area contributed by atoms with E-state index in [1.165, 1.54) is 30.2 Å². The zero-order valence-corrected chi connectivity index (χ0v) is 24.2. The van der Waals surface area contributed by atoms with Gasteiger partial charge in [-0.3, -0.25) is 13.9 Å². The van der Waals surface area contributed by atoms with Crippen LogP contribution in [0.2, 0.25) is 5.28 Å². The molecule has 5 N–H and O–H groups in total. The van der Waals surface area contributed by atoms with Crippen LogP contribution in [0.15, 0.2) is 6.33 Å². The number of halogens is 1. The van der Waals surface area contributed by atoms with E-state index in [1.54, 1.807) is 0 Å². The normalized spacial score (nSPS) is 35.5. The van der Waals surface area contributed by atoms with Gasteiger partial charge in [0.15, 0.2) is 23.2 Å². The van der Waals surface area contributed by atoms with Crippen LogP contribution in [0.1, 0.15) is 71.4 Å². The molecule has 3 aliphatic rings. The van der Waals surface area contributed by atoms with Crippen LogP contribution in [0.4, 0.5) is 5.82 Å². The number of imidazole rings is 1. The quantitative estimate of drug-likeness (QED) is 0.198. The molecule has 3 unspecified atom stereocenters. The number of carboxylic acid groups (broad SMARTS) is 1. The van der Waals surface area contributed by atoms with Crippen molar-refractivity contribution >= 4 is 42.1 Å². The fourth-order valence-electron chi connectivity index (χ4n) is 7.21. The van der Waals surface area contributed by atoms with Crippen molar-refractivity contribution in [3.8, 4) is 0 Å². The van der Waals surface area contributed by atoms with E-state index >= 15 is 0 Å². The molecular weight excluding hydrogens is 565 g/mol. The van der Waals surface area contributed by atoms with Gasteiger partial charge in [-0.1, -0.05) is 33.1 Å². The molecule has 2 saturated carbocycles. The Labute approximate surface area is 236 Å². The van der Waals surface area contributed by atoms with Crippen molar-refractivity contribution in [2.45, 2.75) is 95.3 Å². The largest absolute Gasteiger partial charge is 0.481 e. The van der Waals surface area contributed by atoms with E-state index in [2.05, 4.69) is 34.1 Å². The minimum atomic E-state index is -4.46. The van der Waals surface area contributed by atoms with Gasteiger partial charge < -0.3 is 34.8 Å². The summed E-state index contributed by atoms with van der Waals surface area (Å²) in [6, 6.07) is 0. The second-order valence-electron chi connectivity index (χ2n) is 12.0. The van der Waals surface area contributed by atoms with E-state index in [9.17, 15) is 24.5 Å². The number of aliphatic hydroxyl groups excluding tert-OH is 2. The zero-order valence-electron chi connectivity index (χ0n) is 22.6. The molecule has 15 heteroatoms. The molecule has 2 bridgehead atoms. The fourth-order valence-corrected chi connectivity index (χ4v) is 8.18. The van der Waals surface area contributed by atoms with Crippen molar-refractivity contribution in [3.63, 3.8) is 0 Å². The van der Waals surface area contributed by atoms with E-state index in [0.717, 1.165) is 32.1 Å². The van der Waals surface area contributed by atoms with Crippen LogP contribution in [-0.4, -0.2) is 82.3 Å². The summed E-state index contributed by atoms with van der Waals surface area (Å²) in [5.41, 5.74) is 0.844. The van der Waals surface area contributed by atoms with Gasteiger partial charge in [-0.15, -0.1) is 0 Å². The maximum atomic E-state index is 11.9. The predicted molar refractivity (Wildman–Crippen MR) is 145 cm³/mol. The molecule has 0 amide bonds. The number of nitrogens with zero attached hydrogens (tertiary/aromatic N) is 4. The standard InChI is InChI=1S/C25H37ClN5O8P/c1-3-5-14-8-24(2)6-4-7-25(9-14,12-24)30-20-17-21(29-23(26)28-20)31(13-27-17)22-19(35)18(34)15(39-22)10-38-40(36,37)11-16(32)33/h13-15,18-19,22,34-35H,3-12H2,1-2H3,(H,32,33)(H,36,37)(H,28,29,30)/t14-,15-,18?,19?,22-,24+,25+/m1/s1. The van der Waals surface area contributed by atoms with Crippen LogP contribution >= 0.6 is 19.2 Å². The Balaban J connectivity index is 1.39. The Morgan fingerprint density at radius 1 is 1.30 bits per heavy atom. The molecule has 13 nitrogen and oxygen atoms in total. The van der Waals surface area contributed by atoms with Gasteiger partial charge in [0.2, 0.25) is 5.28 Å². The maximum absolute atomic E-state index is 11.9. The number of aromatic nitrogens is 4. The Morgan fingerprint density at radius 2 is 2.08 bits per heavy atom. The molecule has 40 heavy (non-hydrogen) atoms. The lowest BCUT2D eigenvalue weighted by Gasteiger charge is -2.54. The molecule has 2 aromatic rings. The van der Waals surface area contributed by atoms with Crippen LogP contribution in [-0.2, 0) is 18.6 Å². The SMILES string of the molecule is CCC[C@@H]1C[C@]2(C)CCC[C@](Nc3nc(Cl)nc4c3ncn4[C@@H]3O[C@H](COP(=O)(O)CC(=O)O)C(O)C3O)(C1)C2. The molecular formula is C25H37ClN5O8P. The second-order valence-corrected chi connectivity index (χ2v) is 14.2. The van der Waals surface area contributed by atoms with Crippen LogP contribution in [0.5, 0.6) is 0 Å². The van der Waals surface area contributed by atoms with Gasteiger partial charge in [0.05, 0.1) is 12.9 Å². The topological polar surface area (TPSA) is 189 Å². The molecule has 3 heterocycles. The summed E-state index contributed by atoms with van der Waals surface area (Å²) in [6.45, 7) is 3.99. The summed E-state index contributed by atoms with van der Waals surface area (Å²) in [7, 11) is -4.46. The van der Waals surface area contributed by atoms with Gasteiger partial charge in [-0.05, 0) is 55.0 Å². The fraction of sp³-hybridized carbons (Fsp3) is 0.760. The first-order valence-electron chi connectivity index (χ1n) is 13.7. The number of hydrogen-bond acceptors (Lipinski definition) is 10. The number of carbonyl (C=O) groups is 1. The highest BCUT2D eigenvalue weighted by atomic mass is 35.5. The van der Waals surface area contributed by atoms with Gasteiger partial charge in [0.1, 0.15) is 24.5 Å². The predicted octanol–water partition coefficient (Wildman–Crippen LogP) is 3.33. The summed E-state index contributed by atoms with van der Waals surface area (Å²) in [6.07, 6.45) is 3.95. The number of aliphatic hydroxyl groups is 2. The third-order valence-electron chi connectivity index (χ3n) is 8.52. The Morgan fingerprint density at radius 3 is 2.80 bits per heavy atom. The first-order chi connectivity index (χ1) is 18.8. The number of anilines is 1. The molecule has 0 spiro atoms. The monoisotopic (exact) mass is 601 g/mol. The smallest absolute Gasteiger partial charge is 0.339 e. The molecule has 8 atom stereocenters. The van der Waals surface area contributed by atoms with Crippen LogP contribution in [0.25, 0.3) is 11.2 Å². The number of nitrogens with one attached hydrogen (secondary N) is 1. The highest BCUT2D eigenvalue weighted by Crippen LogP contribution is 2.55. The van der Waals surface area contributed by atoms with Crippen LogP contribution < -0.4 is 5.32 Å². The number of ether oxygens (including phenoxy) is 1. The lowest BCUT2D eigenvalue weighted by Crippen LogP contribution is -2.52. The first kappa shape index (κ1) is 29.6. The molecule has 2 aliphatic carbocycles. The van der Waals surface area contributed by atoms with Crippen molar-refractivity contribution in [2.24, 2.45) is 11.3 Å². The molecule has 5 rings (SSSR count). The summed E-state index contributed by atoms with van der Waals surface area (Å²) >= 11 is 6.37. The average Bonchev–Trinajstić information content (AvgIpc) is 3.37. The lowest BCUT2D eigenvalue weighted by molar-refractivity contribution is -0.134. The third-order valence-corrected chi connectivity index (χ3v) is 9.91. The molecule has 2 aromatic heterocycles. The van der Waals surface area contributed by atoms with Crippen molar-refractivity contribution in [2.75, 3.05) is 18.1 Å². The number of rotatable bonds is 10. The lowest BCUT2D eigenvalue weighted by atomic mass is 9.56. The van der Waals surface area contributed by atoms with Gasteiger partial charge in [-0.25, -0.2) is 4.98 Å². The van der Waals surface area contributed by atoms with E-state index in [0.29, 0.717) is 17.3 Å². The highest BCUT2D eigenvalue weighted by Gasteiger charge is 2.49. The third kappa shape index (κ3) is 6.01. The van der Waals surface area contributed by atoms with Crippen LogP contribution in [0.3, 0.4) is 0 Å². The molecule has 1 aliphatic heterocycles. The van der Waals surface area contributed by atoms with Gasteiger partial charge in [0, 0.05) is 5.54 Å². The summed E-state index contributed by atoms with van der Waals surface area (Å²) in [4.78, 5) is 33.8. The van der Waals surface area contributed by atoms with E-state index in [-0.39, 0.29) is 21.9 Å². The molecule has 222 valence electrons. The molecule has 0 radical (unpaired) electrons. The minimum absolute atomic E-state index is 0.0181. The van der Waals surface area contributed by atoms with Gasteiger partial charge in [0.25, 0.3) is 0 Å².